The van der Waals surface area contributed by atoms with Gasteiger partial charge in [-0.2, -0.15) is 0 Å². The molecule has 0 saturated heterocycles. The van der Waals surface area contributed by atoms with E-state index in [4.69, 9.17) is 28.9 Å². The molecule has 0 bridgehead atoms. The number of benzene rings is 1. The van der Waals surface area contributed by atoms with Crippen molar-refractivity contribution in [3.63, 3.8) is 0 Å². The molecule has 1 rings (SSSR count). The highest BCUT2D eigenvalue weighted by atomic mass is 35.5. The number of rotatable bonds is 3. The van der Waals surface area contributed by atoms with Crippen molar-refractivity contribution in [2.75, 3.05) is 6.54 Å². The molecule has 15 heavy (non-hydrogen) atoms. The van der Waals surface area contributed by atoms with Crippen LogP contribution in [0.5, 0.6) is 0 Å². The Morgan fingerprint density at radius 2 is 1.73 bits per heavy atom. The molecule has 1 aromatic rings. The number of halogens is 2. The summed E-state index contributed by atoms with van der Waals surface area (Å²) in [4.78, 5) is 0. The monoisotopic (exact) mass is 245 g/mol. The van der Waals surface area contributed by atoms with Gasteiger partial charge in [-0.25, -0.2) is 0 Å². The van der Waals surface area contributed by atoms with Crippen molar-refractivity contribution in [1.82, 2.24) is 0 Å². The van der Waals surface area contributed by atoms with Gasteiger partial charge in [0.2, 0.25) is 0 Å². The Balaban J connectivity index is 3.35. The normalized spacial score (nSPS) is 15.4. The molecule has 0 fully saturated rings. The third-order valence-corrected chi connectivity index (χ3v) is 3.86. The molecule has 0 amide bonds. The van der Waals surface area contributed by atoms with Crippen LogP contribution >= 0.6 is 23.2 Å². The van der Waals surface area contributed by atoms with Gasteiger partial charge < -0.3 is 5.73 Å². The molecule has 0 radical (unpaired) electrons. The second-order valence-electron chi connectivity index (χ2n) is 4.37. The van der Waals surface area contributed by atoms with Crippen LogP contribution in [-0.2, 0) is 5.41 Å². The lowest BCUT2D eigenvalue weighted by atomic mass is 9.73. The molecule has 1 unspecified atom stereocenters. The van der Waals surface area contributed by atoms with Crippen LogP contribution in [0, 0.1) is 5.92 Å². The average Bonchev–Trinajstić information content (AvgIpc) is 2.16. The second-order valence-corrected chi connectivity index (χ2v) is 5.19. The van der Waals surface area contributed by atoms with Crippen LogP contribution in [0.1, 0.15) is 26.3 Å². The SMILES string of the molecule is CC(C)C(C)(CN)c1c(Cl)cccc1Cl. The Hall–Kier alpha value is -0.240. The van der Waals surface area contributed by atoms with Crippen LogP contribution in [0.4, 0.5) is 0 Å². The fourth-order valence-corrected chi connectivity index (χ4v) is 2.50. The Morgan fingerprint density at radius 1 is 1.27 bits per heavy atom. The fraction of sp³-hybridized carbons (Fsp3) is 0.500. The largest absolute Gasteiger partial charge is 0.330 e. The van der Waals surface area contributed by atoms with Crippen LogP contribution in [0.3, 0.4) is 0 Å². The smallest absolute Gasteiger partial charge is 0.0459 e. The van der Waals surface area contributed by atoms with Gasteiger partial charge in [0.05, 0.1) is 0 Å². The summed E-state index contributed by atoms with van der Waals surface area (Å²) >= 11 is 12.4. The first-order chi connectivity index (χ1) is 6.93. The lowest BCUT2D eigenvalue weighted by molar-refractivity contribution is 0.348. The summed E-state index contributed by atoms with van der Waals surface area (Å²) in [5.74, 6) is 0.389. The highest BCUT2D eigenvalue weighted by Gasteiger charge is 2.32. The summed E-state index contributed by atoms with van der Waals surface area (Å²) < 4.78 is 0. The van der Waals surface area contributed by atoms with E-state index in [1.54, 1.807) is 0 Å². The van der Waals surface area contributed by atoms with Crippen molar-refractivity contribution < 1.29 is 0 Å². The number of nitrogens with two attached hydrogens (primary N) is 1. The zero-order chi connectivity index (χ0) is 11.6. The number of hydrogen-bond donors (Lipinski definition) is 1. The van der Waals surface area contributed by atoms with Crippen molar-refractivity contribution in [2.24, 2.45) is 11.7 Å². The molecule has 0 aliphatic carbocycles. The average molecular weight is 246 g/mol. The van der Waals surface area contributed by atoms with E-state index in [0.29, 0.717) is 22.5 Å². The molecule has 1 atom stereocenters. The molecule has 2 N–H and O–H groups in total. The maximum atomic E-state index is 6.20. The van der Waals surface area contributed by atoms with E-state index in [1.807, 2.05) is 18.2 Å². The van der Waals surface area contributed by atoms with Gasteiger partial charge in [0.15, 0.2) is 0 Å². The van der Waals surface area contributed by atoms with E-state index in [2.05, 4.69) is 20.8 Å². The van der Waals surface area contributed by atoms with Crippen molar-refractivity contribution in [3.8, 4) is 0 Å². The first kappa shape index (κ1) is 12.8. The molecular weight excluding hydrogens is 229 g/mol. The lowest BCUT2D eigenvalue weighted by Crippen LogP contribution is -2.37. The Labute approximate surface area is 102 Å². The van der Waals surface area contributed by atoms with Crippen molar-refractivity contribution in [2.45, 2.75) is 26.2 Å². The molecule has 84 valence electrons. The molecule has 3 heteroatoms. The highest BCUT2D eigenvalue weighted by Crippen LogP contribution is 2.39. The molecule has 0 spiro atoms. The highest BCUT2D eigenvalue weighted by molar-refractivity contribution is 6.36. The van der Waals surface area contributed by atoms with E-state index in [0.717, 1.165) is 5.56 Å². The molecule has 0 aromatic heterocycles. The van der Waals surface area contributed by atoms with Crippen molar-refractivity contribution in [1.29, 1.82) is 0 Å². The van der Waals surface area contributed by atoms with Crippen LogP contribution in [-0.4, -0.2) is 6.54 Å². The topological polar surface area (TPSA) is 26.0 Å². The maximum absolute atomic E-state index is 6.20. The van der Waals surface area contributed by atoms with Crippen LogP contribution in [0.15, 0.2) is 18.2 Å². The summed E-state index contributed by atoms with van der Waals surface area (Å²) in [7, 11) is 0. The molecule has 1 nitrogen and oxygen atoms in total. The molecule has 1 aromatic carbocycles. The number of hydrogen-bond acceptors (Lipinski definition) is 1. The molecular formula is C12H17Cl2N. The van der Waals surface area contributed by atoms with Gasteiger partial charge in [0, 0.05) is 22.0 Å². The summed E-state index contributed by atoms with van der Waals surface area (Å²) in [5, 5.41) is 1.40. The van der Waals surface area contributed by atoms with Gasteiger partial charge in [-0.15, -0.1) is 0 Å². The molecule has 0 heterocycles. The van der Waals surface area contributed by atoms with E-state index < -0.39 is 0 Å². The van der Waals surface area contributed by atoms with Gasteiger partial charge in [-0.05, 0) is 23.6 Å². The van der Waals surface area contributed by atoms with E-state index in [-0.39, 0.29) is 5.41 Å². The van der Waals surface area contributed by atoms with Crippen LogP contribution in [0.25, 0.3) is 0 Å². The van der Waals surface area contributed by atoms with Gasteiger partial charge in [0.25, 0.3) is 0 Å². The lowest BCUT2D eigenvalue weighted by Gasteiger charge is -2.34. The summed E-state index contributed by atoms with van der Waals surface area (Å²) in [6, 6.07) is 5.57. The Morgan fingerprint density at radius 3 is 2.07 bits per heavy atom. The van der Waals surface area contributed by atoms with Gasteiger partial charge in [0.1, 0.15) is 0 Å². The first-order valence-electron chi connectivity index (χ1n) is 5.08. The zero-order valence-corrected chi connectivity index (χ0v) is 10.9. The van der Waals surface area contributed by atoms with Gasteiger partial charge in [-0.3, -0.25) is 0 Å². The minimum absolute atomic E-state index is 0.171. The van der Waals surface area contributed by atoms with Crippen LogP contribution < -0.4 is 5.73 Å². The minimum atomic E-state index is -0.171. The molecule has 0 aliphatic rings. The second kappa shape index (κ2) is 4.73. The minimum Gasteiger partial charge on any atom is -0.330 e. The van der Waals surface area contributed by atoms with Gasteiger partial charge in [-0.1, -0.05) is 50.0 Å². The molecule has 0 aliphatic heterocycles. The standard InChI is InChI=1S/C12H17Cl2N/c1-8(2)12(3,7-15)11-9(13)5-4-6-10(11)14/h4-6,8H,7,15H2,1-3H3. The third kappa shape index (κ3) is 2.30. The van der Waals surface area contributed by atoms with Crippen LogP contribution in [0.2, 0.25) is 10.0 Å². The van der Waals surface area contributed by atoms with E-state index >= 15 is 0 Å². The van der Waals surface area contributed by atoms with Gasteiger partial charge >= 0.3 is 0 Å². The molecule has 0 saturated carbocycles. The van der Waals surface area contributed by atoms with E-state index in [9.17, 15) is 0 Å². The quantitative estimate of drug-likeness (QED) is 0.860. The third-order valence-electron chi connectivity index (χ3n) is 3.23. The fourth-order valence-electron chi connectivity index (χ4n) is 1.67. The predicted octanol–water partition coefficient (Wildman–Crippen LogP) is 3.87. The van der Waals surface area contributed by atoms with Crippen molar-refractivity contribution >= 4 is 23.2 Å². The maximum Gasteiger partial charge on any atom is 0.0459 e. The zero-order valence-electron chi connectivity index (χ0n) is 9.35. The predicted molar refractivity (Wildman–Crippen MR) is 67.7 cm³/mol. The summed E-state index contributed by atoms with van der Waals surface area (Å²) in [5.41, 5.74) is 6.65. The first-order valence-corrected chi connectivity index (χ1v) is 5.83. The van der Waals surface area contributed by atoms with Crippen molar-refractivity contribution in [3.05, 3.63) is 33.8 Å². The Kier molecular flexibility index (Phi) is 4.05. The summed E-state index contributed by atoms with van der Waals surface area (Å²) in [6.45, 7) is 6.90. The summed E-state index contributed by atoms with van der Waals surface area (Å²) in [6.07, 6.45) is 0. The van der Waals surface area contributed by atoms with E-state index in [1.165, 1.54) is 0 Å². The Bertz CT molecular complexity index is 329.